The maximum absolute atomic E-state index is 11.9. The Hall–Kier alpha value is -1.60. The Morgan fingerprint density at radius 2 is 1.88 bits per heavy atom. The van der Waals surface area contributed by atoms with Crippen LogP contribution in [-0.2, 0) is 16.4 Å². The lowest BCUT2D eigenvalue weighted by atomic mass is 9.86. The van der Waals surface area contributed by atoms with Gasteiger partial charge in [-0.25, -0.2) is 13.1 Å². The number of hydrogen-bond donors (Lipinski definition) is 3. The molecule has 6 nitrogen and oxygen atoms in total. The van der Waals surface area contributed by atoms with Gasteiger partial charge in [0.15, 0.2) is 5.96 Å². The Morgan fingerprint density at radius 3 is 2.50 bits per heavy atom. The highest BCUT2D eigenvalue weighted by atomic mass is 32.2. The van der Waals surface area contributed by atoms with Crippen molar-refractivity contribution < 1.29 is 8.42 Å². The normalized spacial score (nSPS) is 15.8. The summed E-state index contributed by atoms with van der Waals surface area (Å²) in [6.45, 7) is 1.66. The summed E-state index contributed by atoms with van der Waals surface area (Å²) in [6.07, 6.45) is 4.39. The van der Waals surface area contributed by atoms with Gasteiger partial charge in [-0.2, -0.15) is 0 Å². The highest BCUT2D eigenvalue weighted by molar-refractivity contribution is 7.89. The third-order valence-corrected chi connectivity index (χ3v) is 5.60. The molecule has 0 saturated heterocycles. The Morgan fingerprint density at radius 1 is 1.17 bits per heavy atom. The highest BCUT2D eigenvalue weighted by Crippen LogP contribution is 2.25. The van der Waals surface area contributed by atoms with Crippen molar-refractivity contribution >= 4 is 16.0 Å². The number of sulfonamides is 1. The number of nitrogens with one attached hydrogen (secondary N) is 3. The van der Waals surface area contributed by atoms with E-state index in [4.69, 9.17) is 0 Å². The molecule has 0 radical (unpaired) electrons. The van der Waals surface area contributed by atoms with Crippen LogP contribution >= 0.6 is 0 Å². The fraction of sp³-hybridized carbons (Fsp3) is 0.588. The maximum atomic E-state index is 11.9. The van der Waals surface area contributed by atoms with Crippen LogP contribution in [0.1, 0.15) is 24.8 Å². The van der Waals surface area contributed by atoms with Crippen LogP contribution < -0.4 is 15.4 Å². The number of rotatable bonds is 9. The standard InChI is InChI=1S/C17H28N4O2S/c1-18-17(19-11-10-15-6-3-2-4-7-15)20-12-13-24(22,23)21-14-16-8-5-9-16/h2-4,6-7,16,21H,5,8-14H2,1H3,(H2,18,19,20). The molecule has 0 spiro atoms. The van der Waals surface area contributed by atoms with E-state index in [2.05, 4.69) is 32.5 Å². The van der Waals surface area contributed by atoms with E-state index in [0.717, 1.165) is 25.8 Å². The van der Waals surface area contributed by atoms with Crippen molar-refractivity contribution in [1.29, 1.82) is 0 Å². The lowest BCUT2D eigenvalue weighted by Gasteiger charge is -2.25. The Bertz CT molecular complexity index is 613. The molecule has 1 aromatic carbocycles. The first kappa shape index (κ1) is 18.7. The molecule has 0 unspecified atom stereocenters. The molecule has 1 saturated carbocycles. The fourth-order valence-electron chi connectivity index (χ4n) is 2.51. The molecule has 3 N–H and O–H groups in total. The van der Waals surface area contributed by atoms with Gasteiger partial charge in [0.1, 0.15) is 0 Å². The van der Waals surface area contributed by atoms with Gasteiger partial charge in [-0.15, -0.1) is 0 Å². The summed E-state index contributed by atoms with van der Waals surface area (Å²) in [6, 6.07) is 10.2. The molecule has 0 atom stereocenters. The molecule has 0 amide bonds. The minimum Gasteiger partial charge on any atom is -0.356 e. The van der Waals surface area contributed by atoms with E-state index in [1.807, 2.05) is 18.2 Å². The number of nitrogens with zero attached hydrogens (tertiary/aromatic N) is 1. The van der Waals surface area contributed by atoms with Crippen LogP contribution in [0, 0.1) is 5.92 Å². The third-order valence-electron chi connectivity index (χ3n) is 4.25. The molecule has 1 fully saturated rings. The van der Waals surface area contributed by atoms with E-state index in [1.165, 1.54) is 12.0 Å². The van der Waals surface area contributed by atoms with Crippen molar-refractivity contribution in [2.75, 3.05) is 32.4 Å². The molecule has 1 aliphatic carbocycles. The molecule has 1 aliphatic rings. The van der Waals surface area contributed by atoms with Crippen molar-refractivity contribution in [3.63, 3.8) is 0 Å². The molecule has 0 bridgehead atoms. The zero-order chi connectivity index (χ0) is 17.3. The molecule has 0 heterocycles. The zero-order valence-electron chi connectivity index (χ0n) is 14.3. The molecule has 1 aromatic rings. The summed E-state index contributed by atoms with van der Waals surface area (Å²) in [4.78, 5) is 4.11. The van der Waals surface area contributed by atoms with Gasteiger partial charge in [-0.05, 0) is 30.7 Å². The Balaban J connectivity index is 1.61. The van der Waals surface area contributed by atoms with Crippen LogP contribution in [0.25, 0.3) is 0 Å². The summed E-state index contributed by atoms with van der Waals surface area (Å²) in [5.41, 5.74) is 1.25. The van der Waals surface area contributed by atoms with Crippen molar-refractivity contribution in [3.8, 4) is 0 Å². The first-order chi connectivity index (χ1) is 11.6. The average Bonchev–Trinajstić information content (AvgIpc) is 2.52. The van der Waals surface area contributed by atoms with Crippen molar-refractivity contribution in [3.05, 3.63) is 35.9 Å². The van der Waals surface area contributed by atoms with E-state index in [-0.39, 0.29) is 5.75 Å². The Kier molecular flexibility index (Phi) is 7.52. The summed E-state index contributed by atoms with van der Waals surface area (Å²) in [7, 11) is -1.53. The lowest BCUT2D eigenvalue weighted by molar-refractivity contribution is 0.316. The Labute approximate surface area is 145 Å². The van der Waals surface area contributed by atoms with Gasteiger partial charge < -0.3 is 10.6 Å². The summed E-state index contributed by atoms with van der Waals surface area (Å²) in [5.74, 6) is 1.21. The van der Waals surface area contributed by atoms with Crippen LogP contribution in [0.15, 0.2) is 35.3 Å². The minimum atomic E-state index is -3.22. The first-order valence-electron chi connectivity index (χ1n) is 8.55. The van der Waals surface area contributed by atoms with Gasteiger partial charge in [0.2, 0.25) is 10.0 Å². The molecule has 2 rings (SSSR count). The molecule has 24 heavy (non-hydrogen) atoms. The van der Waals surface area contributed by atoms with Gasteiger partial charge >= 0.3 is 0 Å². The van der Waals surface area contributed by atoms with Crippen LogP contribution in [-0.4, -0.2) is 46.8 Å². The lowest BCUT2D eigenvalue weighted by Crippen LogP contribution is -2.42. The fourth-order valence-corrected chi connectivity index (χ4v) is 3.51. The van der Waals surface area contributed by atoms with Gasteiger partial charge in [0, 0.05) is 26.7 Å². The van der Waals surface area contributed by atoms with Gasteiger partial charge in [0.25, 0.3) is 0 Å². The smallest absolute Gasteiger partial charge is 0.213 e. The summed E-state index contributed by atoms with van der Waals surface area (Å²) < 4.78 is 26.6. The molecular formula is C17H28N4O2S. The van der Waals surface area contributed by atoms with Crippen LogP contribution in [0.4, 0.5) is 0 Å². The first-order valence-corrected chi connectivity index (χ1v) is 10.2. The van der Waals surface area contributed by atoms with Gasteiger partial charge in [-0.1, -0.05) is 36.8 Å². The quantitative estimate of drug-likeness (QED) is 0.459. The molecule has 0 aliphatic heterocycles. The average molecular weight is 353 g/mol. The number of benzene rings is 1. The van der Waals surface area contributed by atoms with Crippen LogP contribution in [0.2, 0.25) is 0 Å². The largest absolute Gasteiger partial charge is 0.356 e. The molecule has 0 aromatic heterocycles. The predicted molar refractivity (Wildman–Crippen MR) is 98.6 cm³/mol. The minimum absolute atomic E-state index is 0.0547. The van der Waals surface area contributed by atoms with E-state index < -0.39 is 10.0 Å². The van der Waals surface area contributed by atoms with E-state index in [9.17, 15) is 8.42 Å². The van der Waals surface area contributed by atoms with Crippen LogP contribution in [0.3, 0.4) is 0 Å². The number of guanidine groups is 1. The monoisotopic (exact) mass is 352 g/mol. The van der Waals surface area contributed by atoms with E-state index in [1.54, 1.807) is 7.05 Å². The second-order valence-corrected chi connectivity index (χ2v) is 8.05. The number of hydrogen-bond acceptors (Lipinski definition) is 3. The van der Waals surface area contributed by atoms with Gasteiger partial charge in [0.05, 0.1) is 5.75 Å². The highest BCUT2D eigenvalue weighted by Gasteiger charge is 2.19. The summed E-state index contributed by atoms with van der Waals surface area (Å²) in [5, 5.41) is 6.24. The SMILES string of the molecule is CN=C(NCCc1ccccc1)NCCS(=O)(=O)NCC1CCC1. The predicted octanol–water partition coefficient (Wildman–Crippen LogP) is 1.11. The van der Waals surface area contributed by atoms with Crippen molar-refractivity contribution in [1.82, 2.24) is 15.4 Å². The molecular weight excluding hydrogens is 324 g/mol. The zero-order valence-corrected chi connectivity index (χ0v) is 15.1. The summed E-state index contributed by atoms with van der Waals surface area (Å²) >= 11 is 0. The maximum Gasteiger partial charge on any atom is 0.213 e. The second kappa shape index (κ2) is 9.64. The third kappa shape index (κ3) is 6.88. The molecule has 134 valence electrons. The number of aliphatic imine (C=N–C) groups is 1. The molecule has 7 heteroatoms. The van der Waals surface area contributed by atoms with Crippen molar-refractivity contribution in [2.24, 2.45) is 10.9 Å². The second-order valence-electron chi connectivity index (χ2n) is 6.13. The van der Waals surface area contributed by atoms with Crippen LogP contribution in [0.5, 0.6) is 0 Å². The topological polar surface area (TPSA) is 82.6 Å². The van der Waals surface area contributed by atoms with E-state index >= 15 is 0 Å². The van der Waals surface area contributed by atoms with E-state index in [0.29, 0.717) is 25.0 Å². The van der Waals surface area contributed by atoms with Crippen molar-refractivity contribution in [2.45, 2.75) is 25.7 Å². The van der Waals surface area contributed by atoms with Gasteiger partial charge in [-0.3, -0.25) is 4.99 Å².